The molecule has 0 amide bonds. The molecule has 0 unspecified atom stereocenters. The first-order chi connectivity index (χ1) is 7.88. The zero-order valence-electron chi connectivity index (χ0n) is 9.96. The molecule has 17 heavy (non-hydrogen) atoms. The van der Waals surface area contributed by atoms with E-state index in [2.05, 4.69) is 0 Å². The fourth-order valence-electron chi connectivity index (χ4n) is 1.65. The van der Waals surface area contributed by atoms with E-state index in [1.54, 1.807) is 0 Å². The van der Waals surface area contributed by atoms with Crippen LogP contribution in [0.5, 0.6) is 5.75 Å². The zero-order chi connectivity index (χ0) is 12.6. The zero-order valence-corrected chi connectivity index (χ0v) is 9.96. The van der Waals surface area contributed by atoms with Crippen molar-refractivity contribution in [1.29, 1.82) is 0 Å². The number of ether oxygens (including phenoxy) is 1. The number of hydrogen-bond acceptors (Lipinski definition) is 2. The highest BCUT2D eigenvalue weighted by Gasteiger charge is 2.27. The average molecular weight is 242 g/mol. The van der Waals surface area contributed by atoms with Gasteiger partial charge in [-0.05, 0) is 38.7 Å². The maximum absolute atomic E-state index is 13.6. The Morgan fingerprint density at radius 1 is 1.35 bits per heavy atom. The summed E-state index contributed by atoms with van der Waals surface area (Å²) in [7, 11) is 0. The van der Waals surface area contributed by atoms with Gasteiger partial charge in [-0.3, -0.25) is 0 Å². The number of rotatable bonds is 4. The molecule has 0 radical (unpaired) electrons. The van der Waals surface area contributed by atoms with Crippen LogP contribution in [0.1, 0.15) is 32.3 Å². The van der Waals surface area contributed by atoms with Crippen LogP contribution in [0.4, 0.5) is 8.78 Å². The van der Waals surface area contributed by atoms with Gasteiger partial charge in [0.2, 0.25) is 0 Å². The first-order valence-corrected chi connectivity index (χ1v) is 5.72. The molecule has 0 saturated heterocycles. The predicted octanol–water partition coefficient (Wildman–Crippen LogP) is 2.98. The van der Waals surface area contributed by atoms with E-state index in [0.717, 1.165) is 25.0 Å². The maximum atomic E-state index is 13.6. The third kappa shape index (κ3) is 2.94. The number of halogens is 2. The van der Waals surface area contributed by atoms with Crippen molar-refractivity contribution in [2.75, 3.05) is 6.61 Å². The average Bonchev–Trinajstić information content (AvgIpc) is 2.97. The lowest BCUT2D eigenvalue weighted by molar-refractivity contribution is 0.0732. The van der Waals surface area contributed by atoms with Crippen molar-refractivity contribution in [1.82, 2.24) is 0 Å². The highest BCUT2D eigenvalue weighted by Crippen LogP contribution is 2.35. The molecule has 0 spiro atoms. The summed E-state index contributed by atoms with van der Waals surface area (Å²) in [6, 6.07) is 1.89. The van der Waals surface area contributed by atoms with Gasteiger partial charge in [0, 0.05) is 11.6 Å². The first kappa shape index (κ1) is 12.3. The Balaban J connectivity index is 2.32. The van der Waals surface area contributed by atoms with Crippen LogP contribution in [0.2, 0.25) is 0 Å². The summed E-state index contributed by atoms with van der Waals surface area (Å²) in [4.78, 5) is 0. The lowest BCUT2D eigenvalue weighted by Gasteiger charge is -2.22. The van der Waals surface area contributed by atoms with Crippen LogP contribution in [0.25, 0.3) is 0 Å². The molecule has 2 rings (SSSR count). The molecule has 1 fully saturated rings. The summed E-state index contributed by atoms with van der Waals surface area (Å²) >= 11 is 0. The molecule has 1 aliphatic carbocycles. The fourth-order valence-corrected chi connectivity index (χ4v) is 1.65. The Kier molecular flexibility index (Phi) is 3.08. The predicted molar refractivity (Wildman–Crippen MR) is 59.8 cm³/mol. The molecule has 0 aliphatic heterocycles. The normalized spacial score (nSPS) is 16.1. The van der Waals surface area contributed by atoms with E-state index in [4.69, 9.17) is 4.74 Å². The monoisotopic (exact) mass is 242 g/mol. The molecule has 1 aromatic rings. The Bertz CT molecular complexity index is 420. The van der Waals surface area contributed by atoms with Gasteiger partial charge in [0.05, 0.1) is 12.2 Å². The van der Waals surface area contributed by atoms with Crippen LogP contribution in [0.15, 0.2) is 12.1 Å². The van der Waals surface area contributed by atoms with Gasteiger partial charge in [-0.2, -0.15) is 0 Å². The van der Waals surface area contributed by atoms with Gasteiger partial charge in [0.25, 0.3) is 0 Å². The molecular formula is C13H16F2O2. The summed E-state index contributed by atoms with van der Waals surface area (Å²) < 4.78 is 32.2. The summed E-state index contributed by atoms with van der Waals surface area (Å²) in [5.41, 5.74) is -1.18. The van der Waals surface area contributed by atoms with Crippen molar-refractivity contribution in [3.05, 3.63) is 29.3 Å². The van der Waals surface area contributed by atoms with Gasteiger partial charge in [-0.15, -0.1) is 0 Å². The molecule has 94 valence electrons. The van der Waals surface area contributed by atoms with Crippen LogP contribution in [-0.4, -0.2) is 11.7 Å². The highest BCUT2D eigenvalue weighted by molar-refractivity contribution is 5.39. The Morgan fingerprint density at radius 3 is 2.53 bits per heavy atom. The standard InChI is InChI=1S/C13H16F2O2/c1-13(2,16)10-5-9(14)6-11(15)12(10)17-7-8-3-4-8/h5-6,8,16H,3-4,7H2,1-2H3. The van der Waals surface area contributed by atoms with Gasteiger partial charge in [0.1, 0.15) is 5.82 Å². The Morgan fingerprint density at radius 2 is 2.00 bits per heavy atom. The number of aliphatic hydroxyl groups is 1. The second-order valence-corrected chi connectivity index (χ2v) is 5.08. The van der Waals surface area contributed by atoms with Gasteiger partial charge in [-0.25, -0.2) is 8.78 Å². The number of benzene rings is 1. The first-order valence-electron chi connectivity index (χ1n) is 5.72. The van der Waals surface area contributed by atoms with E-state index < -0.39 is 17.2 Å². The van der Waals surface area contributed by atoms with Crippen molar-refractivity contribution < 1.29 is 18.6 Å². The largest absolute Gasteiger partial charge is 0.490 e. The van der Waals surface area contributed by atoms with Gasteiger partial charge < -0.3 is 9.84 Å². The molecule has 1 aliphatic rings. The van der Waals surface area contributed by atoms with Crippen molar-refractivity contribution in [3.63, 3.8) is 0 Å². The van der Waals surface area contributed by atoms with E-state index in [-0.39, 0.29) is 11.3 Å². The Labute approximate surface area is 99.2 Å². The van der Waals surface area contributed by atoms with Gasteiger partial charge in [0.15, 0.2) is 11.6 Å². The smallest absolute Gasteiger partial charge is 0.168 e. The van der Waals surface area contributed by atoms with E-state index in [0.29, 0.717) is 12.5 Å². The minimum atomic E-state index is -1.33. The maximum Gasteiger partial charge on any atom is 0.168 e. The third-order valence-corrected chi connectivity index (χ3v) is 2.83. The summed E-state index contributed by atoms with van der Waals surface area (Å²) in [5, 5.41) is 9.89. The molecule has 1 N–H and O–H groups in total. The van der Waals surface area contributed by atoms with Crippen molar-refractivity contribution in [2.45, 2.75) is 32.3 Å². The summed E-state index contributed by atoms with van der Waals surface area (Å²) in [6.07, 6.45) is 2.17. The lowest BCUT2D eigenvalue weighted by atomic mass is 9.97. The molecule has 2 nitrogen and oxygen atoms in total. The molecule has 0 bridgehead atoms. The van der Waals surface area contributed by atoms with Gasteiger partial charge in [-0.1, -0.05) is 0 Å². The van der Waals surface area contributed by atoms with Crippen LogP contribution in [0, 0.1) is 17.6 Å². The van der Waals surface area contributed by atoms with Crippen LogP contribution in [0.3, 0.4) is 0 Å². The minimum Gasteiger partial charge on any atom is -0.490 e. The minimum absolute atomic E-state index is 0.0363. The van der Waals surface area contributed by atoms with E-state index in [1.807, 2.05) is 0 Å². The SMILES string of the molecule is CC(C)(O)c1cc(F)cc(F)c1OCC1CC1. The lowest BCUT2D eigenvalue weighted by Crippen LogP contribution is -2.19. The second-order valence-electron chi connectivity index (χ2n) is 5.08. The molecule has 0 atom stereocenters. The second kappa shape index (κ2) is 4.26. The highest BCUT2D eigenvalue weighted by atomic mass is 19.1. The van der Waals surface area contributed by atoms with E-state index >= 15 is 0 Å². The number of hydrogen-bond donors (Lipinski definition) is 1. The van der Waals surface area contributed by atoms with Crippen LogP contribution >= 0.6 is 0 Å². The summed E-state index contributed by atoms with van der Waals surface area (Å²) in [5.74, 6) is -1.04. The van der Waals surface area contributed by atoms with Crippen molar-refractivity contribution in [2.24, 2.45) is 5.92 Å². The topological polar surface area (TPSA) is 29.5 Å². The molecular weight excluding hydrogens is 226 g/mol. The quantitative estimate of drug-likeness (QED) is 0.879. The van der Waals surface area contributed by atoms with Crippen molar-refractivity contribution >= 4 is 0 Å². The van der Waals surface area contributed by atoms with Crippen molar-refractivity contribution in [3.8, 4) is 5.75 Å². The molecule has 0 aromatic heterocycles. The van der Waals surface area contributed by atoms with Crippen LogP contribution < -0.4 is 4.74 Å². The third-order valence-electron chi connectivity index (χ3n) is 2.83. The Hall–Kier alpha value is -1.16. The molecule has 1 saturated carbocycles. The molecule has 1 aromatic carbocycles. The van der Waals surface area contributed by atoms with Crippen LogP contribution in [-0.2, 0) is 5.60 Å². The fraction of sp³-hybridized carbons (Fsp3) is 0.538. The molecule has 0 heterocycles. The van der Waals surface area contributed by atoms with E-state index in [9.17, 15) is 13.9 Å². The summed E-state index contributed by atoms with van der Waals surface area (Å²) in [6.45, 7) is 3.38. The van der Waals surface area contributed by atoms with E-state index in [1.165, 1.54) is 13.8 Å². The molecule has 4 heteroatoms. The van der Waals surface area contributed by atoms with Gasteiger partial charge >= 0.3 is 0 Å².